The molecular weight excluding hydrogens is 261 g/mol. The molecule has 108 valence electrons. The Kier molecular flexibility index (Phi) is 5.31. The highest BCUT2D eigenvalue weighted by Crippen LogP contribution is 2.28. The predicted octanol–water partition coefficient (Wildman–Crippen LogP) is 1.14. The predicted molar refractivity (Wildman–Crippen MR) is 66.5 cm³/mol. The Labute approximate surface area is 109 Å². The fraction of sp³-hybridized carbons (Fsp3) is 0.600. The molecule has 6 nitrogen and oxygen atoms in total. The van der Waals surface area contributed by atoms with Crippen LogP contribution in [-0.2, 0) is 6.18 Å². The van der Waals surface area contributed by atoms with Crippen molar-refractivity contribution >= 4 is 11.6 Å². The Hall–Kier alpha value is -1.61. The molecule has 19 heavy (non-hydrogen) atoms. The van der Waals surface area contributed by atoms with Gasteiger partial charge in [-0.1, -0.05) is 6.92 Å². The van der Waals surface area contributed by atoms with Crippen molar-refractivity contribution in [2.24, 2.45) is 5.84 Å². The van der Waals surface area contributed by atoms with Crippen LogP contribution in [0.3, 0.4) is 0 Å². The van der Waals surface area contributed by atoms with Gasteiger partial charge in [0.1, 0.15) is 11.6 Å². The molecule has 0 atom stereocenters. The molecule has 1 rings (SSSR count). The molecule has 0 amide bonds. The fourth-order valence-corrected chi connectivity index (χ4v) is 1.27. The van der Waals surface area contributed by atoms with Crippen LogP contribution in [0, 0.1) is 0 Å². The van der Waals surface area contributed by atoms with Crippen LogP contribution in [0.4, 0.5) is 24.8 Å². The third-order valence-electron chi connectivity index (χ3n) is 2.47. The van der Waals surface area contributed by atoms with Crippen molar-refractivity contribution in [2.75, 3.05) is 37.4 Å². The Bertz CT molecular complexity index is 409. The Balaban J connectivity index is 2.77. The third-order valence-corrected chi connectivity index (χ3v) is 2.47. The van der Waals surface area contributed by atoms with Crippen LogP contribution in [0.5, 0.6) is 0 Å². The highest BCUT2D eigenvalue weighted by molar-refractivity contribution is 5.47. The second kappa shape index (κ2) is 6.53. The first-order valence-electron chi connectivity index (χ1n) is 5.72. The Morgan fingerprint density at radius 3 is 2.47 bits per heavy atom. The first-order valence-corrected chi connectivity index (χ1v) is 5.72. The van der Waals surface area contributed by atoms with Gasteiger partial charge in [-0.25, -0.2) is 15.8 Å². The van der Waals surface area contributed by atoms with Gasteiger partial charge < -0.3 is 15.6 Å². The molecule has 0 bridgehead atoms. The maximum atomic E-state index is 12.6. The number of nitrogens with one attached hydrogen (secondary N) is 2. The lowest BCUT2D eigenvalue weighted by Crippen LogP contribution is -2.25. The average Bonchev–Trinajstić information content (AvgIpc) is 2.37. The summed E-state index contributed by atoms with van der Waals surface area (Å²) >= 11 is 0. The number of nitrogens with two attached hydrogens (primary N) is 1. The molecule has 1 heterocycles. The van der Waals surface area contributed by atoms with Gasteiger partial charge in [-0.15, -0.1) is 0 Å². The van der Waals surface area contributed by atoms with E-state index in [-0.39, 0.29) is 11.6 Å². The van der Waals surface area contributed by atoms with Crippen LogP contribution >= 0.6 is 0 Å². The third kappa shape index (κ3) is 4.87. The van der Waals surface area contributed by atoms with Gasteiger partial charge in [0, 0.05) is 19.2 Å². The minimum Gasteiger partial charge on any atom is -0.369 e. The number of nitrogens with zero attached hydrogens (tertiary/aromatic N) is 3. The van der Waals surface area contributed by atoms with E-state index in [2.05, 4.69) is 20.7 Å². The summed E-state index contributed by atoms with van der Waals surface area (Å²) in [4.78, 5) is 8.69. The molecule has 1 aromatic rings. The number of likely N-dealkylation sites (N-methyl/N-ethyl adjacent to an activating group) is 1. The molecule has 0 aliphatic carbocycles. The lowest BCUT2D eigenvalue weighted by molar-refractivity contribution is -0.144. The number of halogens is 3. The van der Waals surface area contributed by atoms with Crippen LogP contribution in [-0.4, -0.2) is 41.5 Å². The van der Waals surface area contributed by atoms with E-state index in [1.54, 1.807) is 0 Å². The van der Waals surface area contributed by atoms with Crippen molar-refractivity contribution in [3.63, 3.8) is 0 Å². The van der Waals surface area contributed by atoms with Crippen LogP contribution < -0.4 is 16.6 Å². The van der Waals surface area contributed by atoms with Gasteiger partial charge in [-0.05, 0) is 13.6 Å². The summed E-state index contributed by atoms with van der Waals surface area (Å²) in [5.41, 5.74) is 2.09. The Morgan fingerprint density at radius 2 is 1.95 bits per heavy atom. The van der Waals surface area contributed by atoms with E-state index in [0.717, 1.165) is 6.54 Å². The van der Waals surface area contributed by atoms with Crippen molar-refractivity contribution < 1.29 is 13.2 Å². The monoisotopic (exact) mass is 278 g/mol. The van der Waals surface area contributed by atoms with Gasteiger partial charge in [0.15, 0.2) is 0 Å². The molecule has 0 spiro atoms. The van der Waals surface area contributed by atoms with Gasteiger partial charge >= 0.3 is 6.18 Å². The number of hydrazine groups is 1. The lowest BCUT2D eigenvalue weighted by Gasteiger charge is -2.15. The van der Waals surface area contributed by atoms with E-state index < -0.39 is 12.0 Å². The van der Waals surface area contributed by atoms with Crippen LogP contribution in [0.25, 0.3) is 0 Å². The summed E-state index contributed by atoms with van der Waals surface area (Å²) in [7, 11) is 1.91. The highest BCUT2D eigenvalue weighted by Gasteiger charge is 2.35. The number of hydrogen-bond acceptors (Lipinski definition) is 6. The largest absolute Gasteiger partial charge is 0.451 e. The minimum absolute atomic E-state index is 0.0831. The summed E-state index contributed by atoms with van der Waals surface area (Å²) in [6.45, 7) is 4.01. The molecule has 0 saturated heterocycles. The van der Waals surface area contributed by atoms with Crippen molar-refractivity contribution in [3.8, 4) is 0 Å². The van der Waals surface area contributed by atoms with E-state index >= 15 is 0 Å². The normalized spacial score (nSPS) is 11.7. The topological polar surface area (TPSA) is 79.1 Å². The molecule has 4 N–H and O–H groups in total. The second-order valence-electron chi connectivity index (χ2n) is 3.93. The summed E-state index contributed by atoms with van der Waals surface area (Å²) < 4.78 is 37.7. The molecule has 0 aliphatic heterocycles. The van der Waals surface area contributed by atoms with Gasteiger partial charge in [0.05, 0.1) is 0 Å². The number of aromatic nitrogens is 2. The molecule has 9 heteroatoms. The Morgan fingerprint density at radius 1 is 1.32 bits per heavy atom. The van der Waals surface area contributed by atoms with Crippen molar-refractivity contribution in [3.05, 3.63) is 11.9 Å². The molecule has 0 saturated carbocycles. The zero-order chi connectivity index (χ0) is 14.5. The second-order valence-corrected chi connectivity index (χ2v) is 3.93. The standard InChI is InChI=1S/C10H17F3N6/c1-3-19(2)5-4-15-7-6-8(18-14)17-9(16-7)10(11,12)13/h6H,3-5,14H2,1-2H3,(H2,15,16,17,18). The molecule has 0 fully saturated rings. The molecular formula is C10H17F3N6. The first-order chi connectivity index (χ1) is 8.86. The van der Waals surface area contributed by atoms with Crippen LogP contribution in [0.2, 0.25) is 0 Å². The minimum atomic E-state index is -4.61. The first kappa shape index (κ1) is 15.4. The van der Waals surface area contributed by atoms with Gasteiger partial charge in [0.2, 0.25) is 5.82 Å². The van der Waals surface area contributed by atoms with Gasteiger partial charge in [0.25, 0.3) is 0 Å². The number of hydrogen-bond donors (Lipinski definition) is 3. The zero-order valence-electron chi connectivity index (χ0n) is 10.8. The van der Waals surface area contributed by atoms with Crippen molar-refractivity contribution in [2.45, 2.75) is 13.1 Å². The summed E-state index contributed by atoms with van der Waals surface area (Å²) in [5, 5.41) is 2.81. The molecule has 0 unspecified atom stereocenters. The number of nitrogen functional groups attached to an aromatic ring is 1. The van der Waals surface area contributed by atoms with E-state index in [0.29, 0.717) is 13.1 Å². The summed E-state index contributed by atoms with van der Waals surface area (Å²) in [6.07, 6.45) is -4.61. The molecule has 1 aromatic heterocycles. The fourth-order valence-electron chi connectivity index (χ4n) is 1.27. The van der Waals surface area contributed by atoms with Gasteiger partial charge in [-0.2, -0.15) is 13.2 Å². The zero-order valence-corrected chi connectivity index (χ0v) is 10.8. The number of alkyl halides is 3. The van der Waals surface area contributed by atoms with E-state index in [9.17, 15) is 13.2 Å². The van der Waals surface area contributed by atoms with Crippen molar-refractivity contribution in [1.29, 1.82) is 0 Å². The SMILES string of the molecule is CCN(C)CCNc1cc(NN)nc(C(F)(F)F)n1. The maximum absolute atomic E-state index is 12.6. The smallest absolute Gasteiger partial charge is 0.369 e. The average molecular weight is 278 g/mol. The summed E-state index contributed by atoms with van der Waals surface area (Å²) in [5.74, 6) is 3.85. The van der Waals surface area contributed by atoms with Crippen LogP contribution in [0.15, 0.2) is 6.07 Å². The lowest BCUT2D eigenvalue weighted by atomic mass is 10.4. The molecule has 0 aromatic carbocycles. The van der Waals surface area contributed by atoms with E-state index in [4.69, 9.17) is 5.84 Å². The molecule has 0 aliphatic rings. The highest BCUT2D eigenvalue weighted by atomic mass is 19.4. The van der Waals surface area contributed by atoms with Crippen LogP contribution in [0.1, 0.15) is 12.7 Å². The number of anilines is 2. The van der Waals surface area contributed by atoms with E-state index in [1.165, 1.54) is 6.07 Å². The molecule has 0 radical (unpaired) electrons. The van der Waals surface area contributed by atoms with Gasteiger partial charge in [-0.3, -0.25) is 0 Å². The van der Waals surface area contributed by atoms with Crippen molar-refractivity contribution in [1.82, 2.24) is 14.9 Å². The maximum Gasteiger partial charge on any atom is 0.451 e. The van der Waals surface area contributed by atoms with E-state index in [1.807, 2.05) is 18.9 Å². The quantitative estimate of drug-likeness (QED) is 0.535. The summed E-state index contributed by atoms with van der Waals surface area (Å²) in [6, 6.07) is 1.32. The number of rotatable bonds is 6.